The van der Waals surface area contributed by atoms with E-state index in [2.05, 4.69) is 0 Å². The second kappa shape index (κ2) is 6.41. The second-order valence-electron chi connectivity index (χ2n) is 5.68. The molecule has 1 rings (SSSR count). The summed E-state index contributed by atoms with van der Waals surface area (Å²) in [4.78, 5) is 24.9. The van der Waals surface area contributed by atoms with Crippen LogP contribution in [0.1, 0.15) is 46.5 Å². The number of Topliss-reactive ketones (excluding diaryl/α,β-unsaturated/α-hetero) is 1. The summed E-state index contributed by atoms with van der Waals surface area (Å²) < 4.78 is 5.36. The lowest BCUT2D eigenvalue weighted by Gasteiger charge is -2.28. The Morgan fingerprint density at radius 2 is 2.06 bits per heavy atom. The lowest BCUT2D eigenvalue weighted by molar-refractivity contribution is -0.117. The van der Waals surface area contributed by atoms with E-state index in [4.69, 9.17) is 16.3 Å². The van der Waals surface area contributed by atoms with Crippen LogP contribution in [-0.4, -0.2) is 40.8 Å². The third-order valence-electron chi connectivity index (χ3n) is 2.91. The highest BCUT2D eigenvalue weighted by molar-refractivity contribution is 6.27. The number of ether oxygens (including phenoxy) is 1. The molecule has 4 nitrogen and oxygen atoms in total. The molecule has 1 atom stereocenters. The van der Waals surface area contributed by atoms with Crippen molar-refractivity contribution in [1.29, 1.82) is 0 Å². The number of ketones is 1. The van der Waals surface area contributed by atoms with E-state index in [1.807, 2.05) is 20.8 Å². The minimum Gasteiger partial charge on any atom is -0.444 e. The number of halogens is 1. The van der Waals surface area contributed by atoms with Crippen molar-refractivity contribution in [1.82, 2.24) is 4.90 Å². The van der Waals surface area contributed by atoms with Crippen LogP contribution < -0.4 is 0 Å². The molecule has 1 saturated heterocycles. The van der Waals surface area contributed by atoms with Gasteiger partial charge in [0.25, 0.3) is 0 Å². The minimum atomic E-state index is -0.476. The number of carbonyl (C=O) groups is 2. The van der Waals surface area contributed by atoms with Crippen LogP contribution in [0.5, 0.6) is 0 Å². The maximum Gasteiger partial charge on any atom is 0.410 e. The first kappa shape index (κ1) is 15.3. The van der Waals surface area contributed by atoms with Gasteiger partial charge in [-0.2, -0.15) is 0 Å². The van der Waals surface area contributed by atoms with Gasteiger partial charge in [0, 0.05) is 19.0 Å². The normalized spacial score (nSPS) is 20.0. The molecule has 0 saturated carbocycles. The van der Waals surface area contributed by atoms with Gasteiger partial charge in [-0.3, -0.25) is 4.79 Å². The molecule has 0 aromatic carbocycles. The molecular formula is C13H22ClNO3. The summed E-state index contributed by atoms with van der Waals surface area (Å²) in [5.41, 5.74) is -0.476. The zero-order chi connectivity index (χ0) is 13.8. The van der Waals surface area contributed by atoms with Gasteiger partial charge in [-0.15, -0.1) is 11.6 Å². The van der Waals surface area contributed by atoms with Gasteiger partial charge in [-0.25, -0.2) is 4.79 Å². The fourth-order valence-electron chi connectivity index (χ4n) is 2.09. The van der Waals surface area contributed by atoms with Gasteiger partial charge >= 0.3 is 6.09 Å². The number of amides is 1. The molecule has 1 fully saturated rings. The molecule has 18 heavy (non-hydrogen) atoms. The molecule has 0 unspecified atom stereocenters. The fraction of sp³-hybridized carbons (Fsp3) is 0.846. The number of carbonyl (C=O) groups excluding carboxylic acids is 2. The monoisotopic (exact) mass is 275 g/mol. The molecular weight excluding hydrogens is 254 g/mol. The predicted molar refractivity (Wildman–Crippen MR) is 70.9 cm³/mol. The van der Waals surface area contributed by atoms with Gasteiger partial charge in [0.2, 0.25) is 0 Å². The maximum absolute atomic E-state index is 12.0. The van der Waals surface area contributed by atoms with Gasteiger partial charge < -0.3 is 9.64 Å². The molecule has 0 radical (unpaired) electrons. The number of hydrogen-bond donors (Lipinski definition) is 0. The standard InChI is InChI=1S/C13H22ClNO3/c1-13(2,3)18-12(17)15-8-4-5-10(15)6-7-11(16)9-14/h10H,4-9H2,1-3H3/t10-/m0/s1. The van der Waals surface area contributed by atoms with Crippen molar-refractivity contribution in [2.45, 2.75) is 58.1 Å². The van der Waals surface area contributed by atoms with Crippen molar-refractivity contribution in [2.24, 2.45) is 0 Å². The summed E-state index contributed by atoms with van der Waals surface area (Å²) >= 11 is 5.47. The Morgan fingerprint density at radius 1 is 1.39 bits per heavy atom. The van der Waals surface area contributed by atoms with E-state index < -0.39 is 5.60 Å². The predicted octanol–water partition coefficient (Wildman–Crippen LogP) is 2.97. The first-order valence-electron chi connectivity index (χ1n) is 6.41. The van der Waals surface area contributed by atoms with E-state index in [-0.39, 0.29) is 23.8 Å². The minimum absolute atomic E-state index is 0.0349. The Kier molecular flexibility index (Phi) is 5.45. The van der Waals surface area contributed by atoms with Gasteiger partial charge in [-0.05, 0) is 40.0 Å². The SMILES string of the molecule is CC(C)(C)OC(=O)N1CCC[C@H]1CCC(=O)CCl. The van der Waals surface area contributed by atoms with Crippen molar-refractivity contribution in [3.05, 3.63) is 0 Å². The third-order valence-corrected chi connectivity index (χ3v) is 3.21. The summed E-state index contributed by atoms with van der Waals surface area (Å²) in [6.07, 6.45) is 2.76. The van der Waals surface area contributed by atoms with Crippen LogP contribution in [0, 0.1) is 0 Å². The van der Waals surface area contributed by atoms with Gasteiger partial charge in [0.1, 0.15) is 11.4 Å². The molecule has 1 aliphatic heterocycles. The lowest BCUT2D eigenvalue weighted by Crippen LogP contribution is -2.40. The maximum atomic E-state index is 12.0. The highest BCUT2D eigenvalue weighted by atomic mass is 35.5. The molecule has 0 bridgehead atoms. The van der Waals surface area contributed by atoms with Crippen molar-refractivity contribution >= 4 is 23.5 Å². The molecule has 1 aliphatic rings. The molecule has 0 N–H and O–H groups in total. The van der Waals surface area contributed by atoms with Crippen LogP contribution in [-0.2, 0) is 9.53 Å². The first-order chi connectivity index (χ1) is 8.33. The third kappa shape index (κ3) is 4.84. The number of nitrogens with zero attached hydrogens (tertiary/aromatic N) is 1. The molecule has 1 heterocycles. The van der Waals surface area contributed by atoms with Crippen LogP contribution in [0.15, 0.2) is 0 Å². The smallest absolute Gasteiger partial charge is 0.410 e. The quantitative estimate of drug-likeness (QED) is 0.741. The van der Waals surface area contributed by atoms with Crippen molar-refractivity contribution < 1.29 is 14.3 Å². The summed E-state index contributed by atoms with van der Waals surface area (Å²) in [5.74, 6) is 0.0896. The largest absolute Gasteiger partial charge is 0.444 e. The molecule has 104 valence electrons. The molecule has 0 aromatic rings. The Balaban J connectivity index is 2.49. The average molecular weight is 276 g/mol. The van der Waals surface area contributed by atoms with Crippen LogP contribution in [0.3, 0.4) is 0 Å². The first-order valence-corrected chi connectivity index (χ1v) is 6.94. The van der Waals surface area contributed by atoms with E-state index in [0.29, 0.717) is 19.4 Å². The number of likely N-dealkylation sites (tertiary alicyclic amines) is 1. The summed E-state index contributed by atoms with van der Waals surface area (Å²) in [5, 5.41) is 0. The average Bonchev–Trinajstić information content (AvgIpc) is 2.71. The fourth-order valence-corrected chi connectivity index (χ4v) is 2.22. The number of hydrogen-bond acceptors (Lipinski definition) is 3. The van der Waals surface area contributed by atoms with Gasteiger partial charge in [0.15, 0.2) is 0 Å². The van der Waals surface area contributed by atoms with Gasteiger partial charge in [-0.1, -0.05) is 0 Å². The molecule has 1 amide bonds. The Morgan fingerprint density at radius 3 is 2.61 bits per heavy atom. The highest BCUT2D eigenvalue weighted by Gasteiger charge is 2.31. The number of rotatable bonds is 4. The Bertz CT molecular complexity index is 312. The Labute approximate surface area is 114 Å². The van der Waals surface area contributed by atoms with E-state index in [9.17, 15) is 9.59 Å². The van der Waals surface area contributed by atoms with Crippen molar-refractivity contribution in [3.8, 4) is 0 Å². The van der Waals surface area contributed by atoms with E-state index in [0.717, 1.165) is 12.8 Å². The van der Waals surface area contributed by atoms with E-state index >= 15 is 0 Å². The Hall–Kier alpha value is -0.770. The lowest BCUT2D eigenvalue weighted by atomic mass is 10.1. The molecule has 0 aromatic heterocycles. The molecule has 0 aliphatic carbocycles. The van der Waals surface area contributed by atoms with Crippen molar-refractivity contribution in [3.63, 3.8) is 0 Å². The van der Waals surface area contributed by atoms with Crippen LogP contribution >= 0.6 is 11.6 Å². The van der Waals surface area contributed by atoms with Crippen LogP contribution in [0.4, 0.5) is 4.79 Å². The zero-order valence-corrected chi connectivity index (χ0v) is 12.1. The zero-order valence-electron chi connectivity index (χ0n) is 11.4. The summed E-state index contributed by atoms with van der Waals surface area (Å²) in [6.45, 7) is 6.28. The number of alkyl halides is 1. The van der Waals surface area contributed by atoms with Crippen LogP contribution in [0.2, 0.25) is 0 Å². The van der Waals surface area contributed by atoms with Crippen molar-refractivity contribution in [2.75, 3.05) is 12.4 Å². The topological polar surface area (TPSA) is 46.6 Å². The van der Waals surface area contributed by atoms with Crippen LogP contribution in [0.25, 0.3) is 0 Å². The van der Waals surface area contributed by atoms with E-state index in [1.165, 1.54) is 0 Å². The highest BCUT2D eigenvalue weighted by Crippen LogP contribution is 2.24. The molecule has 5 heteroatoms. The van der Waals surface area contributed by atoms with Gasteiger partial charge in [0.05, 0.1) is 5.88 Å². The summed E-state index contributed by atoms with van der Waals surface area (Å²) in [6, 6.07) is 0.118. The second-order valence-corrected chi connectivity index (χ2v) is 5.95. The van der Waals surface area contributed by atoms with E-state index in [1.54, 1.807) is 4.90 Å². The summed E-state index contributed by atoms with van der Waals surface area (Å²) in [7, 11) is 0. The molecule has 0 spiro atoms.